The van der Waals surface area contributed by atoms with Gasteiger partial charge < -0.3 is 4.42 Å². The number of nitrogens with zero attached hydrogens (tertiary/aromatic N) is 1. The molecule has 1 rings (SSSR count). The molecule has 0 aliphatic carbocycles. The van der Waals surface area contributed by atoms with Gasteiger partial charge in [-0.3, -0.25) is 0 Å². The molecule has 0 spiro atoms. The van der Waals surface area contributed by atoms with Gasteiger partial charge in [0.1, 0.15) is 6.26 Å². The SMILES string of the molecule is CC(C)C(C)Cc1nc(CC(C)(C)C)co1. The topological polar surface area (TPSA) is 26.0 Å². The van der Waals surface area contributed by atoms with Crippen molar-refractivity contribution in [3.63, 3.8) is 0 Å². The Balaban J connectivity index is 2.58. The lowest BCUT2D eigenvalue weighted by molar-refractivity contribution is 0.370. The molecule has 0 N–H and O–H groups in total. The molecule has 1 aromatic heterocycles. The van der Waals surface area contributed by atoms with Crippen LogP contribution in [-0.4, -0.2) is 4.98 Å². The first-order valence-corrected chi connectivity index (χ1v) is 6.21. The Labute approximate surface area is 99.5 Å². The van der Waals surface area contributed by atoms with Crippen molar-refractivity contribution in [3.8, 4) is 0 Å². The number of rotatable bonds is 4. The molecular weight excluding hydrogens is 198 g/mol. The molecule has 0 saturated heterocycles. The van der Waals surface area contributed by atoms with Gasteiger partial charge in [-0.15, -0.1) is 0 Å². The number of hydrogen-bond donors (Lipinski definition) is 0. The number of oxazole rings is 1. The Morgan fingerprint density at radius 3 is 2.38 bits per heavy atom. The summed E-state index contributed by atoms with van der Waals surface area (Å²) in [5.74, 6) is 2.19. The average molecular weight is 223 g/mol. The van der Waals surface area contributed by atoms with Crippen LogP contribution in [0.2, 0.25) is 0 Å². The maximum absolute atomic E-state index is 5.52. The first-order chi connectivity index (χ1) is 7.28. The van der Waals surface area contributed by atoms with E-state index in [1.54, 1.807) is 0 Å². The normalized spacial score (nSPS) is 14.4. The van der Waals surface area contributed by atoms with Crippen LogP contribution in [0.5, 0.6) is 0 Å². The van der Waals surface area contributed by atoms with Crippen molar-refractivity contribution in [1.82, 2.24) is 4.98 Å². The number of hydrogen-bond acceptors (Lipinski definition) is 2. The quantitative estimate of drug-likeness (QED) is 0.768. The van der Waals surface area contributed by atoms with Gasteiger partial charge >= 0.3 is 0 Å². The van der Waals surface area contributed by atoms with E-state index in [2.05, 4.69) is 46.5 Å². The van der Waals surface area contributed by atoms with Crippen molar-refractivity contribution in [2.45, 2.75) is 54.4 Å². The third-order valence-electron chi connectivity index (χ3n) is 2.95. The Hall–Kier alpha value is -0.790. The second kappa shape index (κ2) is 5.03. The van der Waals surface area contributed by atoms with Gasteiger partial charge in [-0.1, -0.05) is 41.5 Å². The summed E-state index contributed by atoms with van der Waals surface area (Å²) in [6.45, 7) is 13.4. The molecule has 1 atom stereocenters. The van der Waals surface area contributed by atoms with E-state index in [-0.39, 0.29) is 5.41 Å². The molecule has 1 heterocycles. The zero-order chi connectivity index (χ0) is 12.3. The van der Waals surface area contributed by atoms with E-state index in [1.807, 2.05) is 6.26 Å². The van der Waals surface area contributed by atoms with Crippen LogP contribution in [0.1, 0.15) is 53.1 Å². The largest absolute Gasteiger partial charge is 0.449 e. The van der Waals surface area contributed by atoms with E-state index in [1.165, 1.54) is 0 Å². The second-order valence-corrected chi connectivity index (χ2v) is 6.40. The van der Waals surface area contributed by atoms with Crippen LogP contribution in [0.3, 0.4) is 0 Å². The summed E-state index contributed by atoms with van der Waals surface area (Å²) in [6, 6.07) is 0. The van der Waals surface area contributed by atoms with Crippen LogP contribution in [-0.2, 0) is 12.8 Å². The molecule has 1 aromatic rings. The van der Waals surface area contributed by atoms with Gasteiger partial charge in [-0.05, 0) is 23.7 Å². The minimum Gasteiger partial charge on any atom is -0.449 e. The lowest BCUT2D eigenvalue weighted by Gasteiger charge is -2.15. The maximum atomic E-state index is 5.52. The van der Waals surface area contributed by atoms with Crippen LogP contribution < -0.4 is 0 Å². The van der Waals surface area contributed by atoms with Gasteiger partial charge in [0, 0.05) is 6.42 Å². The maximum Gasteiger partial charge on any atom is 0.194 e. The molecule has 2 heteroatoms. The predicted molar refractivity (Wildman–Crippen MR) is 67.4 cm³/mol. The van der Waals surface area contributed by atoms with Crippen molar-refractivity contribution in [3.05, 3.63) is 17.8 Å². The fourth-order valence-corrected chi connectivity index (χ4v) is 1.58. The Bertz CT molecular complexity index is 320. The van der Waals surface area contributed by atoms with Crippen LogP contribution >= 0.6 is 0 Å². The number of aromatic nitrogens is 1. The zero-order valence-electron chi connectivity index (χ0n) is 11.5. The Morgan fingerprint density at radius 1 is 1.25 bits per heavy atom. The highest BCUT2D eigenvalue weighted by molar-refractivity contribution is 5.00. The van der Waals surface area contributed by atoms with Crippen molar-refractivity contribution < 1.29 is 4.42 Å². The molecule has 0 aliphatic rings. The predicted octanol–water partition coefficient (Wildman–Crippen LogP) is 4.10. The van der Waals surface area contributed by atoms with E-state index in [0.717, 1.165) is 24.4 Å². The van der Waals surface area contributed by atoms with Gasteiger partial charge in [0.2, 0.25) is 0 Å². The summed E-state index contributed by atoms with van der Waals surface area (Å²) in [5, 5.41) is 0. The molecule has 0 amide bonds. The smallest absolute Gasteiger partial charge is 0.194 e. The highest BCUT2D eigenvalue weighted by Crippen LogP contribution is 2.21. The van der Waals surface area contributed by atoms with Crippen LogP contribution in [0.25, 0.3) is 0 Å². The van der Waals surface area contributed by atoms with E-state index in [4.69, 9.17) is 4.42 Å². The molecule has 16 heavy (non-hydrogen) atoms. The van der Waals surface area contributed by atoms with E-state index >= 15 is 0 Å². The highest BCUT2D eigenvalue weighted by Gasteiger charge is 2.16. The monoisotopic (exact) mass is 223 g/mol. The van der Waals surface area contributed by atoms with E-state index in [0.29, 0.717) is 11.8 Å². The summed E-state index contributed by atoms with van der Waals surface area (Å²) in [4.78, 5) is 4.55. The van der Waals surface area contributed by atoms with E-state index in [9.17, 15) is 0 Å². The molecular formula is C14H25NO. The van der Waals surface area contributed by atoms with E-state index < -0.39 is 0 Å². The molecule has 2 nitrogen and oxygen atoms in total. The summed E-state index contributed by atoms with van der Waals surface area (Å²) in [5.41, 5.74) is 1.36. The van der Waals surface area contributed by atoms with Gasteiger partial charge in [0.05, 0.1) is 5.69 Å². The minimum absolute atomic E-state index is 0.276. The van der Waals surface area contributed by atoms with Crippen molar-refractivity contribution >= 4 is 0 Å². The van der Waals surface area contributed by atoms with Crippen molar-refractivity contribution in [2.75, 3.05) is 0 Å². The van der Waals surface area contributed by atoms with Gasteiger partial charge in [0.15, 0.2) is 5.89 Å². The molecule has 1 unspecified atom stereocenters. The summed E-state index contributed by atoms with van der Waals surface area (Å²) >= 11 is 0. The standard InChI is InChI=1S/C14H25NO/c1-10(2)11(3)7-13-15-12(9-16-13)8-14(4,5)6/h9-11H,7-8H2,1-6H3. The lowest BCUT2D eigenvalue weighted by Crippen LogP contribution is -2.10. The molecule has 92 valence electrons. The first kappa shape index (κ1) is 13.3. The van der Waals surface area contributed by atoms with Gasteiger partial charge in [0.25, 0.3) is 0 Å². The van der Waals surface area contributed by atoms with Crippen LogP contribution in [0, 0.1) is 17.3 Å². The van der Waals surface area contributed by atoms with Crippen LogP contribution in [0.4, 0.5) is 0 Å². The average Bonchev–Trinajstić information content (AvgIpc) is 2.49. The zero-order valence-corrected chi connectivity index (χ0v) is 11.5. The second-order valence-electron chi connectivity index (χ2n) is 6.40. The molecule has 0 bridgehead atoms. The fourth-order valence-electron chi connectivity index (χ4n) is 1.58. The van der Waals surface area contributed by atoms with Crippen LogP contribution in [0.15, 0.2) is 10.7 Å². The lowest BCUT2D eigenvalue weighted by atomic mass is 9.91. The van der Waals surface area contributed by atoms with Gasteiger partial charge in [-0.25, -0.2) is 4.98 Å². The minimum atomic E-state index is 0.276. The molecule has 0 radical (unpaired) electrons. The Kier molecular flexibility index (Phi) is 4.17. The molecule has 0 aromatic carbocycles. The van der Waals surface area contributed by atoms with Gasteiger partial charge in [-0.2, -0.15) is 0 Å². The molecule has 0 saturated carbocycles. The summed E-state index contributed by atoms with van der Waals surface area (Å²) in [7, 11) is 0. The van der Waals surface area contributed by atoms with Crippen molar-refractivity contribution in [2.24, 2.45) is 17.3 Å². The third-order valence-corrected chi connectivity index (χ3v) is 2.95. The highest BCUT2D eigenvalue weighted by atomic mass is 16.3. The summed E-state index contributed by atoms with van der Waals surface area (Å²) in [6.07, 6.45) is 3.74. The summed E-state index contributed by atoms with van der Waals surface area (Å²) < 4.78 is 5.52. The third kappa shape index (κ3) is 4.38. The fraction of sp³-hybridized carbons (Fsp3) is 0.786. The Morgan fingerprint density at radius 2 is 1.88 bits per heavy atom. The molecule has 0 fully saturated rings. The molecule has 0 aliphatic heterocycles. The first-order valence-electron chi connectivity index (χ1n) is 6.21. The van der Waals surface area contributed by atoms with Crippen molar-refractivity contribution in [1.29, 1.82) is 0 Å².